The number of benzene rings is 1. The van der Waals surface area contributed by atoms with Crippen LogP contribution >= 0.6 is 0 Å². The molecule has 1 aliphatic rings. The Morgan fingerprint density at radius 1 is 1.58 bits per heavy atom. The van der Waals surface area contributed by atoms with Gasteiger partial charge in [0.25, 0.3) is 0 Å². The molecule has 1 heterocycles. The van der Waals surface area contributed by atoms with Crippen molar-refractivity contribution in [3.05, 3.63) is 29.8 Å². The average Bonchev–Trinajstić information content (AvgIpc) is 2.85. The lowest BCUT2D eigenvalue weighted by molar-refractivity contribution is 0.220. The number of oxime groups is 1. The number of ether oxygens (including phenoxy) is 1. The molecule has 0 radical (unpaired) electrons. The number of nitrogens with zero attached hydrogens (tertiary/aromatic N) is 1. The van der Waals surface area contributed by atoms with Gasteiger partial charge in [0.2, 0.25) is 0 Å². The first-order valence-electron chi connectivity index (χ1n) is 6.67. The molecular formula is C14H21N3O2. The molecule has 1 aromatic carbocycles. The zero-order chi connectivity index (χ0) is 13.7. The van der Waals surface area contributed by atoms with Crippen LogP contribution in [0.15, 0.2) is 29.4 Å². The van der Waals surface area contributed by atoms with Crippen molar-refractivity contribution >= 4 is 5.84 Å². The normalized spacial score (nSPS) is 19.8. The molecule has 2 unspecified atom stereocenters. The third-order valence-corrected chi connectivity index (χ3v) is 3.42. The number of nitrogens with two attached hydrogens (primary N) is 1. The molecular weight excluding hydrogens is 242 g/mol. The van der Waals surface area contributed by atoms with Gasteiger partial charge in [0.15, 0.2) is 0 Å². The van der Waals surface area contributed by atoms with Crippen LogP contribution in [0.25, 0.3) is 0 Å². The van der Waals surface area contributed by atoms with E-state index in [1.165, 1.54) is 5.56 Å². The summed E-state index contributed by atoms with van der Waals surface area (Å²) in [5.74, 6) is 1.24. The Bertz CT molecular complexity index is 423. The molecule has 0 aromatic heterocycles. The molecule has 19 heavy (non-hydrogen) atoms. The SMILES string of the molecule is CCC(CC(N)=NO)NCC1Cc2ccccc2O1. The van der Waals surface area contributed by atoms with Crippen molar-refractivity contribution in [2.75, 3.05) is 6.54 Å². The van der Waals surface area contributed by atoms with E-state index < -0.39 is 0 Å². The molecule has 0 fully saturated rings. The molecule has 1 aliphatic heterocycles. The summed E-state index contributed by atoms with van der Waals surface area (Å²) in [7, 11) is 0. The van der Waals surface area contributed by atoms with E-state index in [2.05, 4.69) is 23.5 Å². The van der Waals surface area contributed by atoms with E-state index >= 15 is 0 Å². The Hall–Kier alpha value is -1.75. The molecule has 4 N–H and O–H groups in total. The predicted molar refractivity (Wildman–Crippen MR) is 74.7 cm³/mol. The minimum absolute atomic E-state index is 0.165. The van der Waals surface area contributed by atoms with E-state index in [4.69, 9.17) is 15.7 Å². The fourth-order valence-electron chi connectivity index (χ4n) is 2.32. The van der Waals surface area contributed by atoms with Crippen molar-refractivity contribution in [3.63, 3.8) is 0 Å². The molecule has 2 rings (SSSR count). The fourth-order valence-corrected chi connectivity index (χ4v) is 2.32. The van der Waals surface area contributed by atoms with Gasteiger partial charge in [0.05, 0.1) is 0 Å². The topological polar surface area (TPSA) is 79.9 Å². The third-order valence-electron chi connectivity index (χ3n) is 3.42. The Morgan fingerprint density at radius 2 is 2.37 bits per heavy atom. The van der Waals surface area contributed by atoms with E-state index in [0.29, 0.717) is 6.42 Å². The van der Waals surface area contributed by atoms with Crippen LogP contribution < -0.4 is 15.8 Å². The molecule has 0 aliphatic carbocycles. The molecule has 0 saturated carbocycles. The first kappa shape index (κ1) is 13.7. The summed E-state index contributed by atoms with van der Waals surface area (Å²) < 4.78 is 5.86. The Morgan fingerprint density at radius 3 is 3.05 bits per heavy atom. The Balaban J connectivity index is 1.80. The van der Waals surface area contributed by atoms with E-state index in [9.17, 15) is 0 Å². The lowest BCUT2D eigenvalue weighted by Gasteiger charge is -2.19. The summed E-state index contributed by atoms with van der Waals surface area (Å²) in [5.41, 5.74) is 6.79. The van der Waals surface area contributed by atoms with Crippen LogP contribution in [0.3, 0.4) is 0 Å². The molecule has 2 atom stereocenters. The second-order valence-corrected chi connectivity index (χ2v) is 4.86. The molecule has 0 amide bonds. The standard InChI is InChI=1S/C14H21N3O2/c1-2-11(8-14(15)17-18)16-9-12-7-10-5-3-4-6-13(10)19-12/h3-6,11-12,16,18H,2,7-9H2,1H3,(H2,15,17). The summed E-state index contributed by atoms with van der Waals surface area (Å²) in [4.78, 5) is 0. The summed E-state index contributed by atoms with van der Waals surface area (Å²) in [6.45, 7) is 2.85. The fraction of sp³-hybridized carbons (Fsp3) is 0.500. The average molecular weight is 263 g/mol. The summed E-state index contributed by atoms with van der Waals surface area (Å²) >= 11 is 0. The van der Waals surface area contributed by atoms with Gasteiger partial charge in [-0.1, -0.05) is 30.3 Å². The summed E-state index contributed by atoms with van der Waals surface area (Å²) in [5, 5.41) is 15.0. The zero-order valence-corrected chi connectivity index (χ0v) is 11.2. The summed E-state index contributed by atoms with van der Waals surface area (Å²) in [6.07, 6.45) is 2.57. The molecule has 0 saturated heterocycles. The van der Waals surface area contributed by atoms with Crippen LogP contribution in [0.1, 0.15) is 25.3 Å². The number of hydrogen-bond donors (Lipinski definition) is 3. The zero-order valence-electron chi connectivity index (χ0n) is 11.2. The van der Waals surface area contributed by atoms with Crippen molar-refractivity contribution in [2.24, 2.45) is 10.9 Å². The van der Waals surface area contributed by atoms with Crippen molar-refractivity contribution in [1.82, 2.24) is 5.32 Å². The van der Waals surface area contributed by atoms with Crippen LogP contribution in [-0.2, 0) is 6.42 Å². The van der Waals surface area contributed by atoms with Crippen LogP contribution in [0, 0.1) is 0 Å². The second kappa shape index (κ2) is 6.43. The predicted octanol–water partition coefficient (Wildman–Crippen LogP) is 1.49. The van der Waals surface area contributed by atoms with E-state index in [-0.39, 0.29) is 18.0 Å². The van der Waals surface area contributed by atoms with Gasteiger partial charge in [0, 0.05) is 25.4 Å². The lowest BCUT2D eigenvalue weighted by Crippen LogP contribution is -2.39. The quantitative estimate of drug-likeness (QED) is 0.314. The highest BCUT2D eigenvalue weighted by molar-refractivity contribution is 5.80. The van der Waals surface area contributed by atoms with Gasteiger partial charge in [-0.25, -0.2) is 0 Å². The van der Waals surface area contributed by atoms with Gasteiger partial charge in [-0.2, -0.15) is 0 Å². The molecule has 5 heteroatoms. The monoisotopic (exact) mass is 263 g/mol. The van der Waals surface area contributed by atoms with Crippen LogP contribution in [0.4, 0.5) is 0 Å². The van der Waals surface area contributed by atoms with Crippen LogP contribution in [0.2, 0.25) is 0 Å². The molecule has 1 aromatic rings. The Kier molecular flexibility index (Phi) is 4.63. The smallest absolute Gasteiger partial charge is 0.140 e. The maximum atomic E-state index is 8.59. The third kappa shape index (κ3) is 3.61. The summed E-state index contributed by atoms with van der Waals surface area (Å²) in [6, 6.07) is 8.34. The van der Waals surface area contributed by atoms with Crippen molar-refractivity contribution < 1.29 is 9.94 Å². The van der Waals surface area contributed by atoms with Crippen molar-refractivity contribution in [1.29, 1.82) is 0 Å². The van der Waals surface area contributed by atoms with Gasteiger partial charge >= 0.3 is 0 Å². The van der Waals surface area contributed by atoms with E-state index in [1.54, 1.807) is 0 Å². The number of amidine groups is 1. The van der Waals surface area contributed by atoms with Crippen molar-refractivity contribution in [3.8, 4) is 5.75 Å². The minimum Gasteiger partial charge on any atom is -0.488 e. The number of rotatable bonds is 6. The highest BCUT2D eigenvalue weighted by atomic mass is 16.5. The lowest BCUT2D eigenvalue weighted by atomic mass is 10.1. The highest BCUT2D eigenvalue weighted by Crippen LogP contribution is 2.27. The van der Waals surface area contributed by atoms with Gasteiger partial charge in [-0.15, -0.1) is 0 Å². The number of nitrogens with one attached hydrogen (secondary N) is 1. The largest absolute Gasteiger partial charge is 0.488 e. The first-order chi connectivity index (χ1) is 9.22. The molecule has 0 spiro atoms. The maximum Gasteiger partial charge on any atom is 0.140 e. The minimum atomic E-state index is 0.165. The van der Waals surface area contributed by atoms with Gasteiger partial charge in [0.1, 0.15) is 17.7 Å². The van der Waals surface area contributed by atoms with E-state index in [1.807, 2.05) is 18.2 Å². The number of hydrogen-bond acceptors (Lipinski definition) is 4. The van der Waals surface area contributed by atoms with E-state index in [0.717, 1.165) is 25.1 Å². The van der Waals surface area contributed by atoms with Crippen LogP contribution in [-0.4, -0.2) is 29.7 Å². The molecule has 0 bridgehead atoms. The molecule has 104 valence electrons. The van der Waals surface area contributed by atoms with Crippen LogP contribution in [0.5, 0.6) is 5.75 Å². The maximum absolute atomic E-state index is 8.59. The number of para-hydroxylation sites is 1. The van der Waals surface area contributed by atoms with Gasteiger partial charge < -0.3 is 21.0 Å². The van der Waals surface area contributed by atoms with Crippen molar-refractivity contribution in [2.45, 2.75) is 38.3 Å². The van der Waals surface area contributed by atoms with Gasteiger partial charge in [-0.05, 0) is 18.1 Å². The number of fused-ring (bicyclic) bond motifs is 1. The Labute approximate surface area is 113 Å². The second-order valence-electron chi connectivity index (χ2n) is 4.86. The highest BCUT2D eigenvalue weighted by Gasteiger charge is 2.22. The molecule has 5 nitrogen and oxygen atoms in total. The first-order valence-corrected chi connectivity index (χ1v) is 6.67. The van der Waals surface area contributed by atoms with Gasteiger partial charge in [-0.3, -0.25) is 0 Å².